The first kappa shape index (κ1) is 11.7. The summed E-state index contributed by atoms with van der Waals surface area (Å²) in [5.41, 5.74) is 7.13. The number of phenols is 1. The smallest absolute Gasteiger partial charge is 0.221 e. The molecule has 1 heterocycles. The molecular formula is C12H17N3O2. The van der Waals surface area contributed by atoms with Gasteiger partial charge in [0.05, 0.1) is 0 Å². The van der Waals surface area contributed by atoms with Gasteiger partial charge in [0.25, 0.3) is 0 Å². The van der Waals surface area contributed by atoms with E-state index in [4.69, 9.17) is 5.73 Å². The summed E-state index contributed by atoms with van der Waals surface area (Å²) in [5, 5.41) is 12.5. The lowest BCUT2D eigenvalue weighted by Gasteiger charge is -2.19. The Bertz CT molecular complexity index is 420. The maximum atomic E-state index is 11.2. The van der Waals surface area contributed by atoms with Gasteiger partial charge in [0.15, 0.2) is 0 Å². The fraction of sp³-hybridized carbons (Fsp3) is 0.417. The molecule has 17 heavy (non-hydrogen) atoms. The Morgan fingerprint density at radius 1 is 1.41 bits per heavy atom. The number of hydrogen-bond donors (Lipinski definition) is 3. The number of carbonyl (C=O) groups excluding carboxylic acids is 1. The Morgan fingerprint density at radius 2 is 2.24 bits per heavy atom. The van der Waals surface area contributed by atoms with E-state index in [1.807, 2.05) is 0 Å². The summed E-state index contributed by atoms with van der Waals surface area (Å²) >= 11 is 0. The van der Waals surface area contributed by atoms with Gasteiger partial charge in [-0.25, -0.2) is 0 Å². The van der Waals surface area contributed by atoms with Crippen molar-refractivity contribution in [2.24, 2.45) is 0 Å². The SMILES string of the molecule is Nc1ccc(O)c(CN2CCNC(=O)CC2)c1. The van der Waals surface area contributed by atoms with E-state index in [9.17, 15) is 9.90 Å². The normalized spacial score (nSPS) is 17.5. The number of aromatic hydroxyl groups is 1. The molecule has 0 spiro atoms. The molecule has 5 heteroatoms. The van der Waals surface area contributed by atoms with Crippen LogP contribution in [0, 0.1) is 0 Å². The van der Waals surface area contributed by atoms with Gasteiger partial charge in [0.2, 0.25) is 5.91 Å². The van der Waals surface area contributed by atoms with Crippen LogP contribution in [0.3, 0.4) is 0 Å². The van der Waals surface area contributed by atoms with E-state index in [-0.39, 0.29) is 11.7 Å². The molecule has 1 fully saturated rings. The summed E-state index contributed by atoms with van der Waals surface area (Å²) in [6, 6.07) is 5.05. The number of phenolic OH excluding ortho intramolecular Hbond substituents is 1. The van der Waals surface area contributed by atoms with Crippen molar-refractivity contribution < 1.29 is 9.90 Å². The summed E-state index contributed by atoms with van der Waals surface area (Å²) in [6.07, 6.45) is 0.503. The second-order valence-electron chi connectivity index (χ2n) is 4.26. The van der Waals surface area contributed by atoms with Crippen LogP contribution in [0.1, 0.15) is 12.0 Å². The Morgan fingerprint density at radius 3 is 3.06 bits per heavy atom. The van der Waals surface area contributed by atoms with Crippen LogP contribution in [-0.2, 0) is 11.3 Å². The highest BCUT2D eigenvalue weighted by Crippen LogP contribution is 2.21. The first-order valence-electron chi connectivity index (χ1n) is 5.71. The van der Waals surface area contributed by atoms with Gasteiger partial charge in [0.1, 0.15) is 5.75 Å². The fourth-order valence-corrected chi connectivity index (χ4v) is 1.94. The van der Waals surface area contributed by atoms with Crippen molar-refractivity contribution in [3.8, 4) is 5.75 Å². The average molecular weight is 235 g/mol. The lowest BCUT2D eigenvalue weighted by atomic mass is 10.1. The Hall–Kier alpha value is -1.75. The minimum Gasteiger partial charge on any atom is -0.508 e. The predicted octanol–water partition coefficient (Wildman–Crippen LogP) is 0.296. The van der Waals surface area contributed by atoms with E-state index in [0.29, 0.717) is 31.7 Å². The summed E-state index contributed by atoms with van der Waals surface area (Å²) in [7, 11) is 0. The molecule has 92 valence electrons. The highest BCUT2D eigenvalue weighted by molar-refractivity contribution is 5.76. The summed E-state index contributed by atoms with van der Waals surface area (Å²) < 4.78 is 0. The van der Waals surface area contributed by atoms with Crippen molar-refractivity contribution in [1.29, 1.82) is 0 Å². The minimum atomic E-state index is 0.0873. The molecule has 1 aliphatic heterocycles. The average Bonchev–Trinajstić information content (AvgIpc) is 2.49. The number of nitrogens with one attached hydrogen (secondary N) is 1. The number of nitrogens with zero attached hydrogens (tertiary/aromatic N) is 1. The van der Waals surface area contributed by atoms with Gasteiger partial charge in [-0.05, 0) is 18.2 Å². The van der Waals surface area contributed by atoms with Crippen LogP contribution in [-0.4, -0.2) is 35.5 Å². The monoisotopic (exact) mass is 235 g/mol. The molecule has 1 aromatic carbocycles. The number of hydrogen-bond acceptors (Lipinski definition) is 4. The molecule has 0 aromatic heterocycles. The molecule has 0 unspecified atom stereocenters. The van der Waals surface area contributed by atoms with Gasteiger partial charge in [-0.3, -0.25) is 9.69 Å². The summed E-state index contributed by atoms with van der Waals surface area (Å²) in [6.45, 7) is 2.77. The zero-order valence-corrected chi connectivity index (χ0v) is 9.65. The molecule has 1 saturated heterocycles. The van der Waals surface area contributed by atoms with Crippen LogP contribution in [0.4, 0.5) is 5.69 Å². The molecule has 2 rings (SSSR count). The lowest BCUT2D eigenvalue weighted by molar-refractivity contribution is -0.120. The fourth-order valence-electron chi connectivity index (χ4n) is 1.94. The molecule has 4 N–H and O–H groups in total. The van der Waals surface area contributed by atoms with Crippen molar-refractivity contribution in [2.75, 3.05) is 25.4 Å². The van der Waals surface area contributed by atoms with Crippen LogP contribution in [0.5, 0.6) is 5.75 Å². The molecule has 1 amide bonds. The Labute approximate surface area is 100 Å². The van der Waals surface area contributed by atoms with E-state index < -0.39 is 0 Å². The first-order chi connectivity index (χ1) is 8.15. The first-order valence-corrected chi connectivity index (χ1v) is 5.71. The van der Waals surface area contributed by atoms with Gasteiger partial charge in [-0.2, -0.15) is 0 Å². The van der Waals surface area contributed by atoms with Crippen LogP contribution < -0.4 is 11.1 Å². The van der Waals surface area contributed by atoms with Gasteiger partial charge in [-0.15, -0.1) is 0 Å². The summed E-state index contributed by atoms with van der Waals surface area (Å²) in [4.78, 5) is 13.3. The van der Waals surface area contributed by atoms with Crippen molar-refractivity contribution in [2.45, 2.75) is 13.0 Å². The molecular weight excluding hydrogens is 218 g/mol. The van der Waals surface area contributed by atoms with Crippen molar-refractivity contribution >= 4 is 11.6 Å². The van der Waals surface area contributed by atoms with Gasteiger partial charge in [0, 0.05) is 43.9 Å². The molecule has 1 aromatic rings. The summed E-state index contributed by atoms with van der Waals surface area (Å²) in [5.74, 6) is 0.340. The molecule has 0 bridgehead atoms. The topological polar surface area (TPSA) is 78.6 Å². The van der Waals surface area contributed by atoms with E-state index in [1.54, 1.807) is 18.2 Å². The number of anilines is 1. The molecule has 0 aliphatic carbocycles. The lowest BCUT2D eigenvalue weighted by Crippen LogP contribution is -2.28. The zero-order valence-electron chi connectivity index (χ0n) is 9.65. The van der Waals surface area contributed by atoms with E-state index >= 15 is 0 Å². The Balaban J connectivity index is 2.04. The van der Waals surface area contributed by atoms with Gasteiger partial charge in [-0.1, -0.05) is 0 Å². The van der Waals surface area contributed by atoms with Crippen LogP contribution in [0.2, 0.25) is 0 Å². The number of carbonyl (C=O) groups is 1. The highest BCUT2D eigenvalue weighted by atomic mass is 16.3. The van der Waals surface area contributed by atoms with Crippen LogP contribution in [0.25, 0.3) is 0 Å². The van der Waals surface area contributed by atoms with E-state index in [2.05, 4.69) is 10.2 Å². The van der Waals surface area contributed by atoms with Gasteiger partial charge < -0.3 is 16.2 Å². The zero-order chi connectivity index (χ0) is 12.3. The molecule has 0 radical (unpaired) electrons. The number of amides is 1. The molecule has 0 saturated carbocycles. The second kappa shape index (κ2) is 5.05. The molecule has 0 atom stereocenters. The second-order valence-corrected chi connectivity index (χ2v) is 4.26. The van der Waals surface area contributed by atoms with Gasteiger partial charge >= 0.3 is 0 Å². The Kier molecular flexibility index (Phi) is 3.49. The number of rotatable bonds is 2. The van der Waals surface area contributed by atoms with Crippen LogP contribution in [0.15, 0.2) is 18.2 Å². The largest absolute Gasteiger partial charge is 0.508 e. The number of nitrogen functional groups attached to an aromatic ring is 1. The van der Waals surface area contributed by atoms with E-state index in [1.165, 1.54) is 0 Å². The maximum absolute atomic E-state index is 11.2. The minimum absolute atomic E-state index is 0.0873. The quantitative estimate of drug-likeness (QED) is 0.509. The molecule has 5 nitrogen and oxygen atoms in total. The maximum Gasteiger partial charge on any atom is 0.221 e. The highest BCUT2D eigenvalue weighted by Gasteiger charge is 2.14. The van der Waals surface area contributed by atoms with Crippen molar-refractivity contribution in [1.82, 2.24) is 10.2 Å². The third-order valence-electron chi connectivity index (χ3n) is 2.90. The third kappa shape index (κ3) is 3.10. The number of nitrogens with two attached hydrogens (primary N) is 1. The third-order valence-corrected chi connectivity index (χ3v) is 2.90. The molecule has 1 aliphatic rings. The number of benzene rings is 1. The van der Waals surface area contributed by atoms with E-state index in [0.717, 1.165) is 12.1 Å². The van der Waals surface area contributed by atoms with Crippen LogP contribution >= 0.6 is 0 Å². The van der Waals surface area contributed by atoms with Crippen molar-refractivity contribution in [3.63, 3.8) is 0 Å². The van der Waals surface area contributed by atoms with Crippen molar-refractivity contribution in [3.05, 3.63) is 23.8 Å². The predicted molar refractivity (Wildman–Crippen MR) is 65.4 cm³/mol. The standard InChI is InChI=1S/C12H17N3O2/c13-10-1-2-11(16)9(7-10)8-15-5-3-12(17)14-4-6-15/h1-2,7,16H,3-6,8,13H2,(H,14,17).